The first kappa shape index (κ1) is 26.2. The molecular weight excluding hydrogens is 513 g/mol. The number of hydrogen-bond acceptors (Lipinski definition) is 8. The third-order valence-corrected chi connectivity index (χ3v) is 5.24. The molecule has 0 unspecified atom stereocenters. The number of hydrogen-bond donors (Lipinski definition) is 0. The summed E-state index contributed by atoms with van der Waals surface area (Å²) in [6.07, 6.45) is 3.51. The third kappa shape index (κ3) is 6.36. The van der Waals surface area contributed by atoms with Crippen LogP contribution >= 0.6 is 11.6 Å². The minimum Gasteiger partial charge on any atom is -0.443 e. The Balaban J connectivity index is 2.11. The van der Waals surface area contributed by atoms with Gasteiger partial charge in [0.05, 0.1) is 30.0 Å². The Kier molecular flexibility index (Phi) is 7.22. The molecule has 0 fully saturated rings. The summed E-state index contributed by atoms with van der Waals surface area (Å²) >= 11 is 6.07. The number of halogens is 4. The maximum absolute atomic E-state index is 13.0. The summed E-state index contributed by atoms with van der Waals surface area (Å²) in [6, 6.07) is 7.38. The summed E-state index contributed by atoms with van der Waals surface area (Å²) in [4.78, 5) is 26.0. The molecule has 3 rings (SSSR count). The molecule has 0 bridgehead atoms. The average Bonchev–Trinajstić information content (AvgIpc) is 2.72. The molecule has 1 aromatic carbocycles. The maximum atomic E-state index is 13.0. The molecule has 0 N–H and O–H groups in total. The van der Waals surface area contributed by atoms with Crippen molar-refractivity contribution >= 4 is 39.3 Å². The van der Waals surface area contributed by atoms with Crippen molar-refractivity contribution < 1.29 is 35.3 Å². The zero-order chi connectivity index (χ0) is 26.0. The lowest BCUT2D eigenvalue weighted by Crippen LogP contribution is -2.34. The Morgan fingerprint density at radius 3 is 2.40 bits per heavy atom. The van der Waals surface area contributed by atoms with Crippen LogP contribution in [0.25, 0.3) is 11.3 Å². The number of nitrogens with zero attached hydrogens (tertiary/aromatic N) is 4. The van der Waals surface area contributed by atoms with Crippen molar-refractivity contribution in [2.24, 2.45) is 0 Å². The number of alkyl halides is 3. The van der Waals surface area contributed by atoms with Gasteiger partial charge in [-0.1, -0.05) is 17.7 Å². The van der Waals surface area contributed by atoms with Gasteiger partial charge in [0.2, 0.25) is 0 Å². The lowest BCUT2D eigenvalue weighted by Gasteiger charge is -2.27. The van der Waals surface area contributed by atoms with Gasteiger partial charge >= 0.3 is 21.7 Å². The third-order valence-electron chi connectivity index (χ3n) is 4.04. The zero-order valence-electron chi connectivity index (χ0n) is 18.4. The SMILES string of the molecule is CC(C)(C)OC(=O)N(c1cccc(Cl)c1)c1cncc(-c2ccncc2OS(=O)(=O)C(F)(F)F)n1. The van der Waals surface area contributed by atoms with Crippen molar-refractivity contribution in [2.45, 2.75) is 31.9 Å². The highest BCUT2D eigenvalue weighted by Crippen LogP contribution is 2.34. The molecule has 3 aromatic rings. The van der Waals surface area contributed by atoms with Gasteiger partial charge in [0.1, 0.15) is 5.60 Å². The summed E-state index contributed by atoms with van der Waals surface area (Å²) in [5.74, 6) is -0.816. The molecule has 2 aromatic heterocycles. The number of carbonyl (C=O) groups is 1. The van der Waals surface area contributed by atoms with Crippen LogP contribution in [-0.4, -0.2) is 40.6 Å². The summed E-state index contributed by atoms with van der Waals surface area (Å²) in [6.45, 7) is 4.97. The smallest absolute Gasteiger partial charge is 0.443 e. The highest BCUT2D eigenvalue weighted by atomic mass is 35.5. The Morgan fingerprint density at radius 2 is 1.77 bits per heavy atom. The Morgan fingerprint density at radius 1 is 1.06 bits per heavy atom. The highest BCUT2D eigenvalue weighted by molar-refractivity contribution is 7.88. The first-order valence-electron chi connectivity index (χ1n) is 9.74. The Labute approximate surface area is 203 Å². The number of pyridine rings is 1. The van der Waals surface area contributed by atoms with Crippen LogP contribution in [0.1, 0.15) is 20.8 Å². The van der Waals surface area contributed by atoms with E-state index in [1.54, 1.807) is 39.0 Å². The molecule has 0 radical (unpaired) electrons. The second kappa shape index (κ2) is 9.66. The monoisotopic (exact) mass is 530 g/mol. The summed E-state index contributed by atoms with van der Waals surface area (Å²) in [7, 11) is -5.98. The van der Waals surface area contributed by atoms with Crippen LogP contribution < -0.4 is 9.08 Å². The van der Waals surface area contributed by atoms with Gasteiger partial charge in [-0.05, 0) is 45.0 Å². The van der Waals surface area contributed by atoms with Crippen LogP contribution in [0.2, 0.25) is 5.02 Å². The predicted molar refractivity (Wildman–Crippen MR) is 121 cm³/mol. The number of benzene rings is 1. The van der Waals surface area contributed by atoms with E-state index in [2.05, 4.69) is 19.1 Å². The van der Waals surface area contributed by atoms with E-state index in [1.807, 2.05) is 0 Å². The molecule has 0 saturated carbocycles. The summed E-state index contributed by atoms with van der Waals surface area (Å²) < 4.78 is 71.3. The van der Waals surface area contributed by atoms with Crippen LogP contribution in [-0.2, 0) is 14.9 Å². The van der Waals surface area contributed by atoms with Gasteiger partial charge in [-0.2, -0.15) is 21.6 Å². The molecule has 0 spiro atoms. The van der Waals surface area contributed by atoms with Crippen molar-refractivity contribution in [2.75, 3.05) is 4.90 Å². The van der Waals surface area contributed by atoms with E-state index in [4.69, 9.17) is 16.3 Å². The minimum absolute atomic E-state index is 0.0829. The first-order valence-corrected chi connectivity index (χ1v) is 11.5. The standard InChI is InChI=1S/C21H18ClF3N4O5S/c1-20(2,3)33-19(30)29(14-6-4-5-13(22)9-14)18-12-27-10-16(28-18)15-7-8-26-11-17(15)34-35(31,32)21(23,24)25/h4-12H,1-3H3. The van der Waals surface area contributed by atoms with E-state index in [1.165, 1.54) is 24.5 Å². The van der Waals surface area contributed by atoms with Gasteiger partial charge in [-0.25, -0.2) is 14.7 Å². The summed E-state index contributed by atoms with van der Waals surface area (Å²) in [5, 5.41) is 0.308. The molecular formula is C21H18ClF3N4O5S. The van der Waals surface area contributed by atoms with Crippen LogP contribution in [0, 0.1) is 0 Å². The van der Waals surface area contributed by atoms with Crippen LogP contribution in [0.3, 0.4) is 0 Å². The number of amides is 1. The normalized spacial score (nSPS) is 12.2. The van der Waals surface area contributed by atoms with Gasteiger partial charge in [0.15, 0.2) is 11.6 Å². The van der Waals surface area contributed by atoms with Crippen molar-refractivity contribution in [3.8, 4) is 17.0 Å². The quantitative estimate of drug-likeness (QED) is 0.314. The first-order chi connectivity index (χ1) is 16.2. The van der Waals surface area contributed by atoms with Crippen molar-refractivity contribution in [1.82, 2.24) is 15.0 Å². The predicted octanol–water partition coefficient (Wildman–Crippen LogP) is 5.49. The molecule has 0 aliphatic rings. The largest absolute Gasteiger partial charge is 0.534 e. The number of anilines is 2. The van der Waals surface area contributed by atoms with Gasteiger partial charge < -0.3 is 8.92 Å². The van der Waals surface area contributed by atoms with E-state index < -0.39 is 33.1 Å². The second-order valence-corrected chi connectivity index (χ2v) is 9.89. The fourth-order valence-electron chi connectivity index (χ4n) is 2.67. The maximum Gasteiger partial charge on any atom is 0.534 e. The van der Waals surface area contributed by atoms with E-state index in [0.29, 0.717) is 5.02 Å². The van der Waals surface area contributed by atoms with Crippen molar-refractivity contribution in [1.29, 1.82) is 0 Å². The number of carbonyl (C=O) groups excluding carboxylic acids is 1. The molecule has 186 valence electrons. The van der Waals surface area contributed by atoms with Gasteiger partial charge in [0, 0.05) is 16.8 Å². The highest BCUT2D eigenvalue weighted by Gasteiger charge is 2.49. The fraction of sp³-hybridized carbons (Fsp3) is 0.238. The number of ether oxygens (including phenoxy) is 1. The summed E-state index contributed by atoms with van der Waals surface area (Å²) in [5.41, 5.74) is -6.54. The molecule has 1 amide bonds. The van der Waals surface area contributed by atoms with Gasteiger partial charge in [0.25, 0.3) is 0 Å². The molecule has 35 heavy (non-hydrogen) atoms. The van der Waals surface area contributed by atoms with Crippen molar-refractivity contribution in [3.63, 3.8) is 0 Å². The Hall–Kier alpha value is -3.45. The molecule has 2 heterocycles. The molecule has 14 heteroatoms. The van der Waals surface area contributed by atoms with Crippen LogP contribution in [0.15, 0.2) is 55.1 Å². The molecule has 9 nitrogen and oxygen atoms in total. The van der Waals surface area contributed by atoms with Crippen molar-refractivity contribution in [3.05, 3.63) is 60.1 Å². The lowest BCUT2D eigenvalue weighted by molar-refractivity contribution is -0.0500. The van der Waals surface area contributed by atoms with Crippen LogP contribution in [0.5, 0.6) is 5.75 Å². The Bertz CT molecular complexity index is 1350. The van der Waals surface area contributed by atoms with Crippen LogP contribution in [0.4, 0.5) is 29.5 Å². The van der Waals surface area contributed by atoms with E-state index in [-0.39, 0.29) is 22.8 Å². The lowest BCUT2D eigenvalue weighted by atomic mass is 10.2. The fourth-order valence-corrected chi connectivity index (χ4v) is 3.32. The molecule has 0 saturated heterocycles. The van der Waals surface area contributed by atoms with E-state index in [9.17, 15) is 26.4 Å². The second-order valence-electron chi connectivity index (χ2n) is 7.91. The minimum atomic E-state index is -5.98. The molecule has 0 aliphatic carbocycles. The number of aromatic nitrogens is 3. The van der Waals surface area contributed by atoms with E-state index in [0.717, 1.165) is 17.3 Å². The van der Waals surface area contributed by atoms with Gasteiger partial charge in [-0.15, -0.1) is 0 Å². The van der Waals surface area contributed by atoms with E-state index >= 15 is 0 Å². The topological polar surface area (TPSA) is 112 Å². The number of rotatable bonds is 5. The zero-order valence-corrected chi connectivity index (χ0v) is 20.0. The molecule has 0 aliphatic heterocycles. The average molecular weight is 531 g/mol. The van der Waals surface area contributed by atoms with Gasteiger partial charge in [-0.3, -0.25) is 9.97 Å². The molecule has 0 atom stereocenters.